The Kier molecular flexibility index (Phi) is 11.2. The van der Waals surface area contributed by atoms with Gasteiger partial charge in [0.15, 0.2) is 0 Å². The van der Waals surface area contributed by atoms with Crippen molar-refractivity contribution in [3.8, 4) is 0 Å². The fraction of sp³-hybridized carbons (Fsp3) is 0.650. The molecule has 0 atom stereocenters. The summed E-state index contributed by atoms with van der Waals surface area (Å²) in [6, 6.07) is 7.05. The zero-order valence-corrected chi connectivity index (χ0v) is 17.4. The maximum absolute atomic E-state index is 13.0. The van der Waals surface area contributed by atoms with Crippen molar-refractivity contribution in [2.45, 2.75) is 51.1 Å². The highest BCUT2D eigenvalue weighted by Gasteiger charge is 2.21. The summed E-state index contributed by atoms with van der Waals surface area (Å²) in [7, 11) is 0. The van der Waals surface area contributed by atoms with Crippen molar-refractivity contribution in [2.24, 2.45) is 5.92 Å². The Morgan fingerprint density at radius 1 is 1.07 bits per heavy atom. The first-order valence-corrected chi connectivity index (χ1v) is 9.66. The molecule has 0 bridgehead atoms. The number of nitrogens with one attached hydrogen (secondary N) is 2. The summed E-state index contributed by atoms with van der Waals surface area (Å²) in [4.78, 5) is 14.6. The molecule has 1 amide bonds. The van der Waals surface area contributed by atoms with Crippen LogP contribution >= 0.6 is 24.8 Å². The van der Waals surface area contributed by atoms with Crippen LogP contribution in [0.1, 0.15) is 44.1 Å². The quantitative estimate of drug-likeness (QED) is 0.740. The van der Waals surface area contributed by atoms with Gasteiger partial charge >= 0.3 is 0 Å². The van der Waals surface area contributed by atoms with Crippen LogP contribution in [0.3, 0.4) is 0 Å². The highest BCUT2D eigenvalue weighted by atomic mass is 35.5. The summed E-state index contributed by atoms with van der Waals surface area (Å²) < 4.78 is 13.0. The van der Waals surface area contributed by atoms with E-state index in [2.05, 4.69) is 15.5 Å². The van der Waals surface area contributed by atoms with Gasteiger partial charge in [0.2, 0.25) is 5.91 Å². The van der Waals surface area contributed by atoms with E-state index in [0.29, 0.717) is 18.4 Å². The minimum absolute atomic E-state index is 0. The van der Waals surface area contributed by atoms with Gasteiger partial charge in [-0.2, -0.15) is 0 Å². The number of likely N-dealkylation sites (tertiary alicyclic amines) is 1. The van der Waals surface area contributed by atoms with Gasteiger partial charge in [-0.3, -0.25) is 9.69 Å². The van der Waals surface area contributed by atoms with E-state index in [9.17, 15) is 9.18 Å². The second kappa shape index (κ2) is 12.6. The first kappa shape index (κ1) is 24.2. The van der Waals surface area contributed by atoms with Gasteiger partial charge in [-0.05, 0) is 68.8 Å². The van der Waals surface area contributed by atoms with E-state index < -0.39 is 0 Å². The molecule has 7 heteroatoms. The minimum atomic E-state index is -0.185. The van der Waals surface area contributed by atoms with Crippen LogP contribution in [0.25, 0.3) is 0 Å². The van der Waals surface area contributed by atoms with Crippen LogP contribution in [0.2, 0.25) is 0 Å². The van der Waals surface area contributed by atoms with E-state index in [0.717, 1.165) is 57.5 Å². The molecular formula is C20H32Cl2FN3O. The molecule has 4 nitrogen and oxygen atoms in total. The normalized spacial score (nSPS) is 19.0. The van der Waals surface area contributed by atoms with E-state index in [1.54, 1.807) is 0 Å². The lowest BCUT2D eigenvalue weighted by molar-refractivity contribution is -0.122. The Balaban J connectivity index is 0.00000182. The standard InChI is InChI=1S/C20H30FN3O.2ClH/c21-18-4-1-17(2-5-18)15-24-13-9-19(10-14-24)23-20(25)6-3-16-7-11-22-12-8-16;;/h1-2,4-5,16,19,22H,3,6-15H2,(H,23,25);2*1H. The Morgan fingerprint density at radius 3 is 2.33 bits per heavy atom. The van der Waals surface area contributed by atoms with Gasteiger partial charge in [-0.25, -0.2) is 4.39 Å². The molecule has 2 saturated heterocycles. The van der Waals surface area contributed by atoms with Crippen LogP contribution in [0, 0.1) is 11.7 Å². The fourth-order valence-corrected chi connectivity index (χ4v) is 3.89. The molecule has 1 aromatic rings. The number of rotatable bonds is 6. The molecule has 0 spiro atoms. The van der Waals surface area contributed by atoms with Crippen LogP contribution in [-0.4, -0.2) is 43.0 Å². The van der Waals surface area contributed by atoms with Crippen molar-refractivity contribution < 1.29 is 9.18 Å². The molecule has 0 aromatic heterocycles. The third-order valence-electron chi connectivity index (χ3n) is 5.51. The number of amides is 1. The summed E-state index contributed by atoms with van der Waals surface area (Å²) in [6.07, 6.45) is 6.10. The number of piperidine rings is 2. The van der Waals surface area contributed by atoms with Gasteiger partial charge in [-0.15, -0.1) is 24.8 Å². The smallest absolute Gasteiger partial charge is 0.220 e. The predicted octanol–water partition coefficient (Wildman–Crippen LogP) is 3.53. The van der Waals surface area contributed by atoms with Crippen molar-refractivity contribution in [1.82, 2.24) is 15.5 Å². The number of benzene rings is 1. The van der Waals surface area contributed by atoms with E-state index in [1.807, 2.05) is 12.1 Å². The highest BCUT2D eigenvalue weighted by molar-refractivity contribution is 5.85. The third kappa shape index (κ3) is 8.34. The van der Waals surface area contributed by atoms with Gasteiger partial charge in [0, 0.05) is 32.1 Å². The number of halogens is 3. The molecular weight excluding hydrogens is 388 g/mol. The zero-order chi connectivity index (χ0) is 17.5. The van der Waals surface area contributed by atoms with Gasteiger partial charge in [0.1, 0.15) is 5.82 Å². The fourth-order valence-electron chi connectivity index (χ4n) is 3.89. The van der Waals surface area contributed by atoms with Crippen molar-refractivity contribution >= 4 is 30.7 Å². The molecule has 2 fully saturated rings. The first-order chi connectivity index (χ1) is 12.2. The molecule has 2 N–H and O–H groups in total. The molecule has 27 heavy (non-hydrogen) atoms. The second-order valence-electron chi connectivity index (χ2n) is 7.48. The topological polar surface area (TPSA) is 44.4 Å². The molecule has 0 unspecified atom stereocenters. The lowest BCUT2D eigenvalue weighted by atomic mass is 9.93. The molecule has 154 valence electrons. The Hall–Kier alpha value is -0.880. The molecule has 2 heterocycles. The maximum Gasteiger partial charge on any atom is 0.220 e. The highest BCUT2D eigenvalue weighted by Crippen LogP contribution is 2.18. The van der Waals surface area contributed by atoms with Crippen LogP contribution in [0.15, 0.2) is 24.3 Å². The molecule has 0 radical (unpaired) electrons. The number of carbonyl (C=O) groups excluding carboxylic acids is 1. The summed E-state index contributed by atoms with van der Waals surface area (Å²) in [5.41, 5.74) is 1.14. The average molecular weight is 420 g/mol. The summed E-state index contributed by atoms with van der Waals surface area (Å²) >= 11 is 0. The molecule has 0 saturated carbocycles. The van der Waals surface area contributed by atoms with E-state index in [4.69, 9.17) is 0 Å². The molecule has 2 aliphatic heterocycles. The van der Waals surface area contributed by atoms with Crippen molar-refractivity contribution in [3.05, 3.63) is 35.6 Å². The zero-order valence-electron chi connectivity index (χ0n) is 15.8. The second-order valence-corrected chi connectivity index (χ2v) is 7.48. The third-order valence-corrected chi connectivity index (χ3v) is 5.51. The Bertz CT molecular complexity index is 545. The van der Waals surface area contributed by atoms with Crippen molar-refractivity contribution in [1.29, 1.82) is 0 Å². The van der Waals surface area contributed by atoms with Crippen molar-refractivity contribution in [3.63, 3.8) is 0 Å². The number of carbonyl (C=O) groups is 1. The predicted molar refractivity (Wildman–Crippen MR) is 112 cm³/mol. The monoisotopic (exact) mass is 419 g/mol. The van der Waals surface area contributed by atoms with Gasteiger partial charge in [0.25, 0.3) is 0 Å². The van der Waals surface area contributed by atoms with Crippen LogP contribution in [0.5, 0.6) is 0 Å². The molecule has 1 aromatic carbocycles. The molecule has 0 aliphatic carbocycles. The first-order valence-electron chi connectivity index (χ1n) is 9.66. The average Bonchev–Trinajstić information content (AvgIpc) is 2.64. The molecule has 3 rings (SSSR count). The maximum atomic E-state index is 13.0. The van der Waals surface area contributed by atoms with E-state index in [1.165, 1.54) is 25.0 Å². The van der Waals surface area contributed by atoms with Crippen LogP contribution in [-0.2, 0) is 11.3 Å². The largest absolute Gasteiger partial charge is 0.353 e. The summed E-state index contributed by atoms with van der Waals surface area (Å²) in [5.74, 6) is 0.745. The van der Waals surface area contributed by atoms with Crippen molar-refractivity contribution in [2.75, 3.05) is 26.2 Å². The lowest BCUT2D eigenvalue weighted by Gasteiger charge is -2.32. The van der Waals surface area contributed by atoms with E-state index in [-0.39, 0.29) is 36.5 Å². The Labute approximate surface area is 174 Å². The van der Waals surface area contributed by atoms with Crippen LogP contribution in [0.4, 0.5) is 4.39 Å². The number of hydrogen-bond acceptors (Lipinski definition) is 3. The summed E-state index contributed by atoms with van der Waals surface area (Å²) in [6.45, 7) is 5.02. The van der Waals surface area contributed by atoms with Crippen LogP contribution < -0.4 is 10.6 Å². The number of nitrogens with zero attached hydrogens (tertiary/aromatic N) is 1. The Morgan fingerprint density at radius 2 is 1.70 bits per heavy atom. The SMILES string of the molecule is Cl.Cl.O=C(CCC1CCNCC1)NC1CCN(Cc2ccc(F)cc2)CC1. The minimum Gasteiger partial charge on any atom is -0.353 e. The van der Waals surface area contributed by atoms with Gasteiger partial charge in [0.05, 0.1) is 0 Å². The van der Waals surface area contributed by atoms with Gasteiger partial charge in [-0.1, -0.05) is 12.1 Å². The number of hydrogen-bond donors (Lipinski definition) is 2. The summed E-state index contributed by atoms with van der Waals surface area (Å²) in [5, 5.41) is 6.59. The van der Waals surface area contributed by atoms with E-state index >= 15 is 0 Å². The lowest BCUT2D eigenvalue weighted by Crippen LogP contribution is -2.44. The van der Waals surface area contributed by atoms with Gasteiger partial charge < -0.3 is 10.6 Å². The molecule has 2 aliphatic rings.